The Morgan fingerprint density at radius 3 is 2.50 bits per heavy atom. The van der Waals surface area contributed by atoms with Crippen molar-refractivity contribution in [3.8, 4) is 0 Å². The summed E-state index contributed by atoms with van der Waals surface area (Å²) in [4.78, 5) is 36.2. The van der Waals surface area contributed by atoms with Crippen LogP contribution in [0.5, 0.6) is 0 Å². The number of para-hydroxylation sites is 1. The van der Waals surface area contributed by atoms with Gasteiger partial charge in [-0.15, -0.1) is 6.58 Å². The fourth-order valence-electron chi connectivity index (χ4n) is 2.31. The maximum absolute atomic E-state index is 12.1. The Balaban J connectivity index is 1.99. The smallest absolute Gasteiger partial charge is 0.313 e. The molecule has 0 atom stereocenters. The number of nitrogens with one attached hydrogen (secondary N) is 3. The average molecular weight is 351 g/mol. The first kappa shape index (κ1) is 18.9. The summed E-state index contributed by atoms with van der Waals surface area (Å²) >= 11 is 0. The first-order valence-corrected chi connectivity index (χ1v) is 8.14. The first-order chi connectivity index (χ1) is 12.5. The van der Waals surface area contributed by atoms with Crippen molar-refractivity contribution >= 4 is 23.4 Å². The normalized spacial score (nSPS) is 9.88. The standard InChI is InChI=1S/C20H21N3O3/c1-3-11-21-18(24)16-9-4-5-10-17(16)23-20(26)19(25)22-13-15-8-6-7-14(2)12-15/h3-10,12H,1,11,13H2,2H3,(H,21,24)(H,22,25)(H,23,26). The molecule has 0 heterocycles. The van der Waals surface area contributed by atoms with Gasteiger partial charge < -0.3 is 16.0 Å². The van der Waals surface area contributed by atoms with Gasteiger partial charge in [-0.25, -0.2) is 0 Å². The van der Waals surface area contributed by atoms with E-state index in [0.29, 0.717) is 6.54 Å². The van der Waals surface area contributed by atoms with Gasteiger partial charge in [0.2, 0.25) is 0 Å². The molecule has 0 saturated carbocycles. The molecule has 0 bridgehead atoms. The van der Waals surface area contributed by atoms with Gasteiger partial charge in [-0.3, -0.25) is 14.4 Å². The number of aryl methyl sites for hydroxylation is 1. The molecule has 2 aromatic rings. The highest BCUT2D eigenvalue weighted by atomic mass is 16.2. The Labute approximate surface area is 152 Å². The largest absolute Gasteiger partial charge is 0.349 e. The van der Waals surface area contributed by atoms with Gasteiger partial charge in [0, 0.05) is 13.1 Å². The first-order valence-electron chi connectivity index (χ1n) is 8.14. The second-order valence-corrected chi connectivity index (χ2v) is 5.67. The molecule has 0 radical (unpaired) electrons. The zero-order chi connectivity index (χ0) is 18.9. The summed E-state index contributed by atoms with van der Waals surface area (Å²) in [6, 6.07) is 14.1. The number of carbonyl (C=O) groups is 3. The summed E-state index contributed by atoms with van der Waals surface area (Å²) in [5, 5.41) is 7.68. The third-order valence-electron chi connectivity index (χ3n) is 3.57. The van der Waals surface area contributed by atoms with Crippen molar-refractivity contribution < 1.29 is 14.4 Å². The number of hydrogen-bond acceptors (Lipinski definition) is 3. The van der Waals surface area contributed by atoms with Crippen LogP contribution in [0.1, 0.15) is 21.5 Å². The Morgan fingerprint density at radius 2 is 1.77 bits per heavy atom. The molecule has 0 spiro atoms. The second-order valence-electron chi connectivity index (χ2n) is 5.67. The summed E-state index contributed by atoms with van der Waals surface area (Å²) in [5.74, 6) is -1.96. The molecule has 26 heavy (non-hydrogen) atoms. The van der Waals surface area contributed by atoms with Crippen LogP contribution in [0.15, 0.2) is 61.2 Å². The molecule has 0 aliphatic rings. The quantitative estimate of drug-likeness (QED) is 0.551. The molecule has 0 aromatic heterocycles. The van der Waals surface area contributed by atoms with Crippen molar-refractivity contribution in [1.29, 1.82) is 0 Å². The van der Waals surface area contributed by atoms with Crippen molar-refractivity contribution in [2.24, 2.45) is 0 Å². The highest BCUT2D eigenvalue weighted by Crippen LogP contribution is 2.14. The van der Waals surface area contributed by atoms with Gasteiger partial charge in [0.25, 0.3) is 5.91 Å². The molecule has 3 N–H and O–H groups in total. The lowest BCUT2D eigenvalue weighted by molar-refractivity contribution is -0.136. The molecular weight excluding hydrogens is 330 g/mol. The summed E-state index contributed by atoms with van der Waals surface area (Å²) < 4.78 is 0. The topological polar surface area (TPSA) is 87.3 Å². The van der Waals surface area contributed by atoms with Gasteiger partial charge in [-0.1, -0.05) is 48.0 Å². The molecule has 134 valence electrons. The number of rotatable bonds is 6. The number of amides is 3. The monoisotopic (exact) mass is 351 g/mol. The summed E-state index contributed by atoms with van der Waals surface area (Å²) in [6.07, 6.45) is 1.55. The van der Waals surface area contributed by atoms with E-state index in [-0.39, 0.29) is 23.7 Å². The van der Waals surface area contributed by atoms with Gasteiger partial charge in [-0.05, 0) is 24.6 Å². The third kappa shape index (κ3) is 5.31. The van der Waals surface area contributed by atoms with E-state index in [4.69, 9.17) is 0 Å². The van der Waals surface area contributed by atoms with Gasteiger partial charge in [0.05, 0.1) is 11.3 Å². The van der Waals surface area contributed by atoms with Gasteiger partial charge in [-0.2, -0.15) is 0 Å². The Morgan fingerprint density at radius 1 is 1.00 bits per heavy atom. The van der Waals surface area contributed by atoms with Crippen LogP contribution < -0.4 is 16.0 Å². The lowest BCUT2D eigenvalue weighted by Gasteiger charge is -2.11. The van der Waals surface area contributed by atoms with Crippen LogP contribution in [-0.2, 0) is 16.1 Å². The predicted octanol–water partition coefficient (Wildman–Crippen LogP) is 2.17. The van der Waals surface area contributed by atoms with Crippen LogP contribution in [-0.4, -0.2) is 24.3 Å². The van der Waals surface area contributed by atoms with Crippen LogP contribution in [0.4, 0.5) is 5.69 Å². The van der Waals surface area contributed by atoms with Crippen molar-refractivity contribution in [1.82, 2.24) is 10.6 Å². The van der Waals surface area contributed by atoms with Crippen LogP contribution >= 0.6 is 0 Å². The zero-order valence-electron chi connectivity index (χ0n) is 14.5. The number of carbonyl (C=O) groups excluding carboxylic acids is 3. The van der Waals surface area contributed by atoms with Crippen LogP contribution in [0.3, 0.4) is 0 Å². The minimum atomic E-state index is -0.832. The summed E-state index contributed by atoms with van der Waals surface area (Å²) in [7, 11) is 0. The summed E-state index contributed by atoms with van der Waals surface area (Å²) in [5.41, 5.74) is 2.51. The molecule has 6 nitrogen and oxygen atoms in total. The van der Waals surface area contributed by atoms with E-state index in [1.165, 1.54) is 0 Å². The highest BCUT2D eigenvalue weighted by molar-refractivity contribution is 6.40. The third-order valence-corrected chi connectivity index (χ3v) is 3.57. The number of hydrogen-bond donors (Lipinski definition) is 3. The molecule has 3 amide bonds. The van der Waals surface area contributed by atoms with E-state index in [9.17, 15) is 14.4 Å². The van der Waals surface area contributed by atoms with E-state index in [1.807, 2.05) is 31.2 Å². The Bertz CT molecular complexity index is 831. The molecule has 2 aromatic carbocycles. The van der Waals surface area contributed by atoms with E-state index in [2.05, 4.69) is 22.5 Å². The van der Waals surface area contributed by atoms with Crippen molar-refractivity contribution in [3.05, 3.63) is 77.9 Å². The molecule has 2 rings (SSSR count). The van der Waals surface area contributed by atoms with Crippen LogP contribution in [0, 0.1) is 6.92 Å². The lowest BCUT2D eigenvalue weighted by Crippen LogP contribution is -2.35. The summed E-state index contributed by atoms with van der Waals surface area (Å²) in [6.45, 7) is 6.03. The molecule has 0 saturated heterocycles. The number of benzene rings is 2. The molecule has 0 unspecified atom stereocenters. The Hall–Kier alpha value is -3.41. The van der Waals surface area contributed by atoms with E-state index < -0.39 is 11.8 Å². The van der Waals surface area contributed by atoms with Crippen molar-refractivity contribution in [2.45, 2.75) is 13.5 Å². The minimum absolute atomic E-state index is 0.245. The number of anilines is 1. The van der Waals surface area contributed by atoms with Crippen molar-refractivity contribution in [3.63, 3.8) is 0 Å². The molecule has 0 aliphatic carbocycles. The van der Waals surface area contributed by atoms with Gasteiger partial charge in [0.15, 0.2) is 0 Å². The van der Waals surface area contributed by atoms with Crippen LogP contribution in [0.25, 0.3) is 0 Å². The highest BCUT2D eigenvalue weighted by Gasteiger charge is 2.17. The van der Waals surface area contributed by atoms with Gasteiger partial charge in [0.1, 0.15) is 0 Å². The predicted molar refractivity (Wildman–Crippen MR) is 101 cm³/mol. The van der Waals surface area contributed by atoms with E-state index in [0.717, 1.165) is 11.1 Å². The maximum Gasteiger partial charge on any atom is 0.313 e. The Kier molecular flexibility index (Phi) is 6.68. The van der Waals surface area contributed by atoms with E-state index >= 15 is 0 Å². The maximum atomic E-state index is 12.1. The second kappa shape index (κ2) is 9.17. The average Bonchev–Trinajstić information content (AvgIpc) is 2.64. The SMILES string of the molecule is C=CCNC(=O)c1ccccc1NC(=O)C(=O)NCc1cccc(C)c1. The van der Waals surface area contributed by atoms with Crippen LogP contribution in [0.2, 0.25) is 0 Å². The van der Waals surface area contributed by atoms with Crippen molar-refractivity contribution in [2.75, 3.05) is 11.9 Å². The van der Waals surface area contributed by atoms with Gasteiger partial charge >= 0.3 is 11.8 Å². The fourth-order valence-corrected chi connectivity index (χ4v) is 2.31. The fraction of sp³-hybridized carbons (Fsp3) is 0.150. The molecular formula is C20H21N3O3. The molecule has 0 fully saturated rings. The molecule has 6 heteroatoms. The lowest BCUT2D eigenvalue weighted by atomic mass is 10.1. The zero-order valence-corrected chi connectivity index (χ0v) is 14.5. The molecule has 0 aliphatic heterocycles. The van der Waals surface area contributed by atoms with E-state index in [1.54, 1.807) is 30.3 Å². The minimum Gasteiger partial charge on any atom is -0.349 e.